The molecule has 12 heavy (non-hydrogen) atoms. The van der Waals surface area contributed by atoms with Crippen molar-refractivity contribution in [3.8, 4) is 0 Å². The van der Waals surface area contributed by atoms with Gasteiger partial charge in [0.05, 0.1) is 5.92 Å². The smallest absolute Gasteiger partial charge is 0.307 e. The van der Waals surface area contributed by atoms with Gasteiger partial charge >= 0.3 is 5.97 Å². The molecule has 1 N–H and O–H groups in total. The lowest BCUT2D eigenvalue weighted by molar-refractivity contribution is -0.141. The minimum Gasteiger partial charge on any atom is -0.481 e. The zero-order valence-electron chi connectivity index (χ0n) is 7.62. The molecule has 3 heteroatoms. The summed E-state index contributed by atoms with van der Waals surface area (Å²) in [5, 5.41) is 8.73. The van der Waals surface area contributed by atoms with Crippen molar-refractivity contribution < 1.29 is 9.90 Å². The zero-order valence-corrected chi connectivity index (χ0v) is 7.62. The molecule has 0 aliphatic carbocycles. The Morgan fingerprint density at radius 1 is 1.67 bits per heavy atom. The number of hydrogen-bond donors (Lipinski definition) is 1. The summed E-state index contributed by atoms with van der Waals surface area (Å²) in [7, 11) is 0. The van der Waals surface area contributed by atoms with Gasteiger partial charge in [0, 0.05) is 6.54 Å². The van der Waals surface area contributed by atoms with Gasteiger partial charge in [-0.2, -0.15) is 0 Å². The minimum absolute atomic E-state index is 0.109. The van der Waals surface area contributed by atoms with E-state index in [9.17, 15) is 4.79 Å². The number of hydrogen-bond acceptors (Lipinski definition) is 2. The largest absolute Gasteiger partial charge is 0.481 e. The average molecular weight is 171 g/mol. The van der Waals surface area contributed by atoms with Crippen LogP contribution in [0.25, 0.3) is 0 Å². The van der Waals surface area contributed by atoms with Crippen LogP contribution in [0.2, 0.25) is 0 Å². The zero-order chi connectivity index (χ0) is 8.97. The van der Waals surface area contributed by atoms with Gasteiger partial charge in [-0.3, -0.25) is 4.79 Å². The highest BCUT2D eigenvalue weighted by Gasteiger charge is 2.26. The highest BCUT2D eigenvalue weighted by Crippen LogP contribution is 2.16. The number of aliphatic carboxylic acids is 1. The van der Waals surface area contributed by atoms with E-state index in [1.54, 1.807) is 0 Å². The molecule has 0 spiro atoms. The molecular weight excluding hydrogens is 154 g/mol. The van der Waals surface area contributed by atoms with Crippen LogP contribution in [-0.4, -0.2) is 35.6 Å². The van der Waals surface area contributed by atoms with Crippen LogP contribution < -0.4 is 0 Å². The van der Waals surface area contributed by atoms with Crippen LogP contribution in [0.5, 0.6) is 0 Å². The molecule has 0 amide bonds. The maximum atomic E-state index is 10.6. The monoisotopic (exact) mass is 171 g/mol. The quantitative estimate of drug-likeness (QED) is 0.690. The second-order valence-electron chi connectivity index (χ2n) is 3.48. The Bertz CT molecular complexity index is 159. The highest BCUT2D eigenvalue weighted by molar-refractivity contribution is 5.70. The van der Waals surface area contributed by atoms with Crippen LogP contribution >= 0.6 is 0 Å². The summed E-state index contributed by atoms with van der Waals surface area (Å²) in [4.78, 5) is 12.8. The summed E-state index contributed by atoms with van der Waals surface area (Å²) >= 11 is 0. The van der Waals surface area contributed by atoms with Crippen molar-refractivity contribution in [1.29, 1.82) is 0 Å². The summed E-state index contributed by atoms with van der Waals surface area (Å²) in [5.74, 6) is -0.740. The molecule has 0 aromatic rings. The summed E-state index contributed by atoms with van der Waals surface area (Å²) in [6.07, 6.45) is 3.21. The molecule has 1 heterocycles. The van der Waals surface area contributed by atoms with Crippen molar-refractivity contribution in [3.05, 3.63) is 0 Å². The summed E-state index contributed by atoms with van der Waals surface area (Å²) < 4.78 is 0. The Morgan fingerprint density at radius 3 is 2.92 bits per heavy atom. The number of rotatable bonds is 4. The molecule has 0 saturated carbocycles. The van der Waals surface area contributed by atoms with Crippen LogP contribution in [0.3, 0.4) is 0 Å². The molecule has 0 unspecified atom stereocenters. The minimum atomic E-state index is -0.631. The number of carboxylic acids is 1. The fraction of sp³-hybridized carbons (Fsp3) is 0.889. The van der Waals surface area contributed by atoms with Gasteiger partial charge in [0.1, 0.15) is 0 Å². The van der Waals surface area contributed by atoms with Crippen LogP contribution in [-0.2, 0) is 4.79 Å². The maximum absolute atomic E-state index is 10.6. The van der Waals surface area contributed by atoms with Crippen LogP contribution in [0.4, 0.5) is 0 Å². The molecule has 1 aliphatic rings. The van der Waals surface area contributed by atoms with Gasteiger partial charge in [-0.1, -0.05) is 13.3 Å². The normalized spacial score (nSPS) is 24.6. The second kappa shape index (κ2) is 4.45. The Labute approximate surface area is 73.4 Å². The third-order valence-electron chi connectivity index (χ3n) is 2.45. The van der Waals surface area contributed by atoms with E-state index in [1.165, 1.54) is 12.8 Å². The van der Waals surface area contributed by atoms with E-state index in [4.69, 9.17) is 5.11 Å². The molecule has 1 rings (SSSR count). The maximum Gasteiger partial charge on any atom is 0.307 e. The van der Waals surface area contributed by atoms with Crippen molar-refractivity contribution in [3.63, 3.8) is 0 Å². The average Bonchev–Trinajstić information content (AvgIpc) is 2.48. The molecule has 0 radical (unpaired) electrons. The Balaban J connectivity index is 2.21. The van der Waals surface area contributed by atoms with E-state index in [0.29, 0.717) is 0 Å². The third kappa shape index (κ3) is 2.48. The lowest BCUT2D eigenvalue weighted by atomic mass is 10.1. The van der Waals surface area contributed by atoms with E-state index < -0.39 is 5.97 Å². The van der Waals surface area contributed by atoms with Gasteiger partial charge in [-0.15, -0.1) is 0 Å². The topological polar surface area (TPSA) is 40.5 Å². The number of carboxylic acid groups (broad SMARTS) is 1. The number of likely N-dealkylation sites (tertiary alicyclic amines) is 1. The third-order valence-corrected chi connectivity index (χ3v) is 2.45. The van der Waals surface area contributed by atoms with Gasteiger partial charge in [-0.05, 0) is 25.9 Å². The first kappa shape index (κ1) is 9.52. The first-order valence-electron chi connectivity index (χ1n) is 4.69. The fourth-order valence-corrected chi connectivity index (χ4v) is 1.62. The molecule has 1 fully saturated rings. The molecule has 0 bridgehead atoms. The molecule has 3 nitrogen and oxygen atoms in total. The number of carbonyl (C=O) groups is 1. The predicted molar refractivity (Wildman–Crippen MR) is 47.1 cm³/mol. The van der Waals surface area contributed by atoms with Gasteiger partial charge in [0.25, 0.3) is 0 Å². The van der Waals surface area contributed by atoms with Gasteiger partial charge in [0.15, 0.2) is 0 Å². The summed E-state index contributed by atoms with van der Waals surface area (Å²) in [6, 6.07) is 0. The number of nitrogens with zero attached hydrogens (tertiary/aromatic N) is 1. The molecule has 1 aliphatic heterocycles. The fourth-order valence-electron chi connectivity index (χ4n) is 1.62. The highest BCUT2D eigenvalue weighted by atomic mass is 16.4. The van der Waals surface area contributed by atoms with Crippen molar-refractivity contribution in [2.24, 2.45) is 5.92 Å². The van der Waals surface area contributed by atoms with E-state index in [1.807, 2.05) is 0 Å². The van der Waals surface area contributed by atoms with Crippen LogP contribution in [0.15, 0.2) is 0 Å². The molecule has 0 aromatic carbocycles. The van der Waals surface area contributed by atoms with Crippen LogP contribution in [0.1, 0.15) is 26.2 Å². The summed E-state index contributed by atoms with van der Waals surface area (Å²) in [6.45, 7) is 4.96. The van der Waals surface area contributed by atoms with Gasteiger partial charge in [0.2, 0.25) is 0 Å². The molecule has 1 atom stereocenters. The molecule has 0 aromatic heterocycles. The van der Waals surface area contributed by atoms with Crippen molar-refractivity contribution >= 4 is 5.97 Å². The Hall–Kier alpha value is -0.570. The van der Waals surface area contributed by atoms with Crippen molar-refractivity contribution in [2.75, 3.05) is 19.6 Å². The van der Waals surface area contributed by atoms with Crippen molar-refractivity contribution in [1.82, 2.24) is 4.90 Å². The molecular formula is C9H17NO2. The standard InChI is InChI=1S/C9H17NO2/c1-2-3-5-10-6-4-8(7-10)9(11)12/h8H,2-7H2,1H3,(H,11,12)/t8-/m0/s1. The van der Waals surface area contributed by atoms with Gasteiger partial charge in [-0.25, -0.2) is 0 Å². The SMILES string of the molecule is CCCCN1CC[C@H](C(=O)O)C1. The van der Waals surface area contributed by atoms with E-state index >= 15 is 0 Å². The Morgan fingerprint density at radius 2 is 2.42 bits per heavy atom. The first-order valence-corrected chi connectivity index (χ1v) is 4.69. The molecule has 1 saturated heterocycles. The van der Waals surface area contributed by atoms with E-state index in [0.717, 1.165) is 26.1 Å². The second-order valence-corrected chi connectivity index (χ2v) is 3.48. The molecule has 70 valence electrons. The predicted octanol–water partition coefficient (Wildman–Crippen LogP) is 1.19. The lowest BCUT2D eigenvalue weighted by Crippen LogP contribution is -2.24. The summed E-state index contributed by atoms with van der Waals surface area (Å²) in [5.41, 5.74) is 0. The van der Waals surface area contributed by atoms with Crippen LogP contribution in [0, 0.1) is 5.92 Å². The van der Waals surface area contributed by atoms with E-state index in [2.05, 4.69) is 11.8 Å². The lowest BCUT2D eigenvalue weighted by Gasteiger charge is -2.13. The first-order chi connectivity index (χ1) is 5.74. The number of unbranched alkanes of at least 4 members (excludes halogenated alkanes) is 1. The van der Waals surface area contributed by atoms with Crippen molar-refractivity contribution in [2.45, 2.75) is 26.2 Å². The van der Waals surface area contributed by atoms with E-state index in [-0.39, 0.29) is 5.92 Å². The Kier molecular flexibility index (Phi) is 3.53. The van der Waals surface area contributed by atoms with Gasteiger partial charge < -0.3 is 10.0 Å².